The molecule has 0 N–H and O–H groups in total. The highest BCUT2D eigenvalue weighted by molar-refractivity contribution is 7.26. The number of hydrogen-bond acceptors (Lipinski definition) is 1. The number of para-hydroxylation sites is 1. The molecule has 0 aliphatic rings. The van der Waals surface area contributed by atoms with E-state index in [1.807, 2.05) is 11.3 Å². The molecule has 0 saturated carbocycles. The normalized spacial score (nSPS) is 13.4. The van der Waals surface area contributed by atoms with Crippen molar-refractivity contribution in [3.8, 4) is 61.3 Å². The zero-order chi connectivity index (χ0) is 71.0. The van der Waals surface area contributed by atoms with Crippen LogP contribution in [0.2, 0.25) is 0 Å². The van der Waals surface area contributed by atoms with E-state index in [1.165, 1.54) is 196 Å². The molecule has 102 heavy (non-hydrogen) atoms. The average molecular weight is 1340 g/mol. The number of hydrogen-bond donors (Lipinski definition) is 0. The van der Waals surface area contributed by atoms with Crippen molar-refractivity contribution >= 4 is 119 Å². The molecule has 0 aliphatic heterocycles. The summed E-state index contributed by atoms with van der Waals surface area (Å²) in [5.41, 5.74) is 31.0. The van der Waals surface area contributed by atoms with Crippen LogP contribution in [0, 0.1) is 0 Å². The maximum absolute atomic E-state index is 2.77. The standard InChI is InChI=1S/C98H91N3S/c1-93(2,3)65-39-59(40-66(53-65)94(4,5)6)62-47-75(58-35-37-83-76(46-58)72-31-22-24-33-82(72)99(83)71-30-26-29-57(45-71)56-27-20-19-21-28-56)87-78(49-62)79-50-63(60-41-67(95(7,8)9)54-68(42-60)96(10,11)12)48-77-73-36-38-84-86(90(73)101(87)88(77)79)80-51-64(61-43-69(97(13,14)15)55-70(44-61)98(16,17)18)52-81-89(80)100(84)91-74-32-23-25-34-85(74)102-92(81)91/h19-55H,1-18H3. The van der Waals surface area contributed by atoms with Gasteiger partial charge in [-0.2, -0.15) is 0 Å². The van der Waals surface area contributed by atoms with Crippen molar-refractivity contribution in [2.45, 2.75) is 157 Å². The summed E-state index contributed by atoms with van der Waals surface area (Å²) in [4.78, 5) is 0. The summed E-state index contributed by atoms with van der Waals surface area (Å²) in [5, 5.41) is 12.7. The van der Waals surface area contributed by atoms with Crippen LogP contribution in [-0.2, 0) is 32.5 Å². The first-order valence-electron chi connectivity index (χ1n) is 36.9. The number of benzene rings is 12. The number of fused-ring (bicyclic) bond motifs is 18. The molecule has 0 amide bonds. The second-order valence-corrected chi connectivity index (χ2v) is 37.0. The molecule has 0 saturated heterocycles. The van der Waals surface area contributed by atoms with Crippen LogP contribution in [-0.4, -0.2) is 13.4 Å². The molecule has 0 atom stereocenters. The van der Waals surface area contributed by atoms with E-state index >= 15 is 0 Å². The molecular formula is C98H91N3S. The summed E-state index contributed by atoms with van der Waals surface area (Å²) >= 11 is 1.94. The van der Waals surface area contributed by atoms with Crippen molar-refractivity contribution in [2.75, 3.05) is 0 Å². The minimum atomic E-state index is -0.0894. The summed E-state index contributed by atoms with van der Waals surface area (Å²) in [5.74, 6) is 0. The van der Waals surface area contributed by atoms with Gasteiger partial charge in [0.2, 0.25) is 0 Å². The molecule has 4 heteroatoms. The van der Waals surface area contributed by atoms with Crippen molar-refractivity contribution in [1.29, 1.82) is 0 Å². The molecule has 0 bridgehead atoms. The first-order valence-corrected chi connectivity index (χ1v) is 37.7. The van der Waals surface area contributed by atoms with Crippen LogP contribution >= 0.6 is 11.3 Å². The Hall–Kier alpha value is -10.0. The van der Waals surface area contributed by atoms with E-state index < -0.39 is 0 Å². The molecule has 0 spiro atoms. The van der Waals surface area contributed by atoms with Crippen LogP contribution < -0.4 is 0 Å². The molecule has 6 aromatic heterocycles. The zero-order valence-electron chi connectivity index (χ0n) is 62.6. The minimum absolute atomic E-state index is 0.0574. The van der Waals surface area contributed by atoms with Gasteiger partial charge in [-0.25, -0.2) is 0 Å². The molecule has 504 valence electrons. The van der Waals surface area contributed by atoms with Gasteiger partial charge in [-0.3, -0.25) is 0 Å². The summed E-state index contributed by atoms with van der Waals surface area (Å²) in [6.07, 6.45) is 0. The Morgan fingerprint density at radius 1 is 0.235 bits per heavy atom. The Morgan fingerprint density at radius 2 is 0.667 bits per heavy atom. The SMILES string of the molecule is CC(C)(C)c1cc(-c2cc(-c3ccc4c(c3)c3ccccc3n4-c3cccc(-c4ccccc4)c3)c3c(c2)c2cc(-c4cc(C(C)(C)C)cc(C(C)(C)C)c4)cc4c5ccc6c(c7cc(-c8cc(C(C)(C)C)cc(C(C)(C)C)c8)cc8c9sc%10ccccc%10c9n6c87)c5n3c24)cc(C(C)(C)C)c1. The third-order valence-electron chi connectivity index (χ3n) is 22.7. The van der Waals surface area contributed by atoms with Gasteiger partial charge in [0, 0.05) is 69.8 Å². The van der Waals surface area contributed by atoms with E-state index in [1.54, 1.807) is 0 Å². The second kappa shape index (κ2) is 21.8. The summed E-state index contributed by atoms with van der Waals surface area (Å²) in [6, 6.07) is 88.2. The van der Waals surface area contributed by atoms with Gasteiger partial charge in [0.05, 0.1) is 48.8 Å². The minimum Gasteiger partial charge on any atom is -0.309 e. The van der Waals surface area contributed by atoms with Gasteiger partial charge in [0.25, 0.3) is 0 Å². The smallest absolute Gasteiger partial charge is 0.0728 e. The number of aromatic nitrogens is 3. The molecule has 0 aliphatic carbocycles. The first kappa shape index (κ1) is 64.1. The largest absolute Gasteiger partial charge is 0.309 e. The second-order valence-electron chi connectivity index (χ2n) is 36.0. The molecule has 12 aromatic carbocycles. The quantitative estimate of drug-likeness (QED) is 0.158. The van der Waals surface area contributed by atoms with Crippen LogP contribution in [0.4, 0.5) is 0 Å². The summed E-state index contributed by atoms with van der Waals surface area (Å²) in [6.45, 7) is 42.6. The Balaban J connectivity index is 1.03. The van der Waals surface area contributed by atoms with Gasteiger partial charge in [0.15, 0.2) is 0 Å². The van der Waals surface area contributed by atoms with Gasteiger partial charge in [-0.15, -0.1) is 11.3 Å². The molecular weight excluding hydrogens is 1250 g/mol. The third kappa shape index (κ3) is 9.93. The lowest BCUT2D eigenvalue weighted by Gasteiger charge is -2.26. The predicted octanol–water partition coefficient (Wildman–Crippen LogP) is 28.4. The maximum Gasteiger partial charge on any atom is 0.0728 e. The van der Waals surface area contributed by atoms with Crippen molar-refractivity contribution < 1.29 is 0 Å². The zero-order valence-corrected chi connectivity index (χ0v) is 63.4. The molecule has 18 aromatic rings. The molecule has 0 unspecified atom stereocenters. The lowest BCUT2D eigenvalue weighted by Crippen LogP contribution is -2.16. The van der Waals surface area contributed by atoms with E-state index in [0.29, 0.717) is 0 Å². The van der Waals surface area contributed by atoms with Gasteiger partial charge in [0.1, 0.15) is 0 Å². The van der Waals surface area contributed by atoms with E-state index in [-0.39, 0.29) is 32.5 Å². The average Bonchev–Trinajstić information content (AvgIpc) is 1.50. The van der Waals surface area contributed by atoms with Crippen molar-refractivity contribution in [2.24, 2.45) is 0 Å². The Morgan fingerprint density at radius 3 is 1.24 bits per heavy atom. The highest BCUT2D eigenvalue weighted by Gasteiger charge is 2.32. The summed E-state index contributed by atoms with van der Waals surface area (Å²) in [7, 11) is 0. The maximum atomic E-state index is 2.77. The lowest BCUT2D eigenvalue weighted by atomic mass is 9.78. The van der Waals surface area contributed by atoms with Crippen molar-refractivity contribution in [3.63, 3.8) is 0 Å². The van der Waals surface area contributed by atoms with Crippen molar-refractivity contribution in [3.05, 3.63) is 258 Å². The van der Waals surface area contributed by atoms with Crippen LogP contribution in [0.25, 0.3) is 169 Å². The number of rotatable bonds is 6. The van der Waals surface area contributed by atoms with Gasteiger partial charge >= 0.3 is 0 Å². The fourth-order valence-electron chi connectivity index (χ4n) is 16.8. The van der Waals surface area contributed by atoms with Gasteiger partial charge in [-0.05, 0) is 195 Å². The van der Waals surface area contributed by atoms with E-state index in [0.717, 1.165) is 5.69 Å². The number of thiophene rings is 1. The lowest BCUT2D eigenvalue weighted by molar-refractivity contribution is 0.568. The molecule has 6 heterocycles. The fraction of sp³-hybridized carbons (Fsp3) is 0.245. The molecule has 0 radical (unpaired) electrons. The highest BCUT2D eigenvalue weighted by atomic mass is 32.1. The number of nitrogens with zero attached hydrogens (tertiary/aromatic N) is 3. The van der Waals surface area contributed by atoms with Gasteiger partial charge < -0.3 is 13.4 Å². The van der Waals surface area contributed by atoms with Crippen molar-refractivity contribution in [1.82, 2.24) is 13.4 Å². The molecule has 0 fully saturated rings. The van der Waals surface area contributed by atoms with E-state index in [4.69, 9.17) is 0 Å². The monoisotopic (exact) mass is 1340 g/mol. The summed E-state index contributed by atoms with van der Waals surface area (Å²) < 4.78 is 10.6. The Bertz CT molecular complexity index is 6430. The van der Waals surface area contributed by atoms with Gasteiger partial charge in [-0.1, -0.05) is 270 Å². The van der Waals surface area contributed by atoms with E-state index in [9.17, 15) is 0 Å². The third-order valence-corrected chi connectivity index (χ3v) is 23.9. The molecule has 3 nitrogen and oxygen atoms in total. The molecule has 18 rings (SSSR count). The van der Waals surface area contributed by atoms with Crippen LogP contribution in [0.5, 0.6) is 0 Å². The Kier molecular flexibility index (Phi) is 13.7. The highest BCUT2D eigenvalue weighted by Crippen LogP contribution is 2.54. The predicted molar refractivity (Wildman–Crippen MR) is 445 cm³/mol. The first-order chi connectivity index (χ1) is 48.3. The van der Waals surface area contributed by atoms with Crippen LogP contribution in [0.3, 0.4) is 0 Å². The fourth-order valence-corrected chi connectivity index (χ4v) is 18.0. The van der Waals surface area contributed by atoms with Crippen LogP contribution in [0.15, 0.2) is 224 Å². The topological polar surface area (TPSA) is 13.8 Å². The van der Waals surface area contributed by atoms with E-state index in [2.05, 4.69) is 362 Å². The van der Waals surface area contributed by atoms with Crippen LogP contribution in [0.1, 0.15) is 158 Å². The Labute approximate surface area is 604 Å².